The van der Waals surface area contributed by atoms with Crippen LogP contribution in [-0.2, 0) is 48.1 Å². The van der Waals surface area contributed by atoms with Gasteiger partial charge in [0.1, 0.15) is 12.3 Å². The number of terminal acetylenes is 1. The molecule has 0 saturated heterocycles. The number of hydrogen-bond donors (Lipinski definition) is 3. The molecule has 2 aromatic carbocycles. The molecule has 0 radical (unpaired) electrons. The topological polar surface area (TPSA) is 150 Å². The number of benzene rings is 2. The van der Waals surface area contributed by atoms with Crippen LogP contribution in [0.25, 0.3) is 5.69 Å². The molecule has 2 atom stereocenters. The van der Waals surface area contributed by atoms with E-state index in [1.165, 1.54) is 41.2 Å². The minimum absolute atomic E-state index is 0.355. The van der Waals surface area contributed by atoms with E-state index in [-0.39, 0.29) is 0 Å². The number of ether oxygens (including phenoxy) is 6. The molecule has 0 aliphatic heterocycles. The molecule has 0 bridgehead atoms. The fourth-order valence-corrected chi connectivity index (χ4v) is 5.36. The Bertz CT molecular complexity index is 1260. The van der Waals surface area contributed by atoms with E-state index in [0.29, 0.717) is 79.2 Å². The van der Waals surface area contributed by atoms with Crippen molar-refractivity contribution in [1.82, 2.24) is 20.3 Å². The first kappa shape index (κ1) is 47.5. The summed E-state index contributed by atoms with van der Waals surface area (Å²) in [6, 6.07) is 16.9. The first-order valence-corrected chi connectivity index (χ1v) is 19.1. The molecular weight excluding hydrogens is 775 g/mol. The Morgan fingerprint density at radius 3 is 1.87 bits per heavy atom. The lowest BCUT2D eigenvalue weighted by Crippen LogP contribution is -2.35. The Kier molecular flexibility index (Phi) is 30.3. The summed E-state index contributed by atoms with van der Waals surface area (Å²) in [7, 11) is 5.38. The van der Waals surface area contributed by atoms with Crippen molar-refractivity contribution in [1.29, 1.82) is 0 Å². The van der Waals surface area contributed by atoms with Crippen molar-refractivity contribution in [3.63, 3.8) is 0 Å². The summed E-state index contributed by atoms with van der Waals surface area (Å²) in [5, 5.41) is 11.6. The van der Waals surface area contributed by atoms with Crippen LogP contribution in [0, 0.1) is 21.8 Å². The second-order valence-corrected chi connectivity index (χ2v) is 13.0. The maximum absolute atomic E-state index is 5.58. The van der Waals surface area contributed by atoms with Crippen molar-refractivity contribution in [3.05, 3.63) is 75.1 Å². The van der Waals surface area contributed by atoms with Crippen LogP contribution in [-0.4, -0.2) is 102 Å². The van der Waals surface area contributed by atoms with Gasteiger partial charge in [-0.15, -0.1) is 11.5 Å². The molecule has 0 unspecified atom stereocenters. The highest BCUT2D eigenvalue weighted by molar-refractivity contribution is 14.1. The molecule has 5 N–H and O–H groups in total. The van der Waals surface area contributed by atoms with Gasteiger partial charge in [-0.1, -0.05) is 61.6 Å². The molecule has 3 aromatic rings. The van der Waals surface area contributed by atoms with Crippen LogP contribution in [0.5, 0.6) is 0 Å². The average Bonchev–Trinajstić information content (AvgIpc) is 3.67. The lowest BCUT2D eigenvalue weighted by molar-refractivity contribution is 0.0192. The van der Waals surface area contributed by atoms with E-state index >= 15 is 0 Å². The maximum Gasteiger partial charge on any atom is 0.109 e. The second-order valence-electron chi connectivity index (χ2n) is 11.7. The quantitative estimate of drug-likeness (QED) is 0.0790. The molecule has 13 heteroatoms. The van der Waals surface area contributed by atoms with Gasteiger partial charge < -0.3 is 45.2 Å². The summed E-state index contributed by atoms with van der Waals surface area (Å²) in [5.41, 5.74) is 15.0. The highest BCUT2D eigenvalue weighted by atomic mass is 127. The van der Waals surface area contributed by atoms with E-state index in [2.05, 4.69) is 70.2 Å². The van der Waals surface area contributed by atoms with Gasteiger partial charge in [0.25, 0.3) is 0 Å². The summed E-state index contributed by atoms with van der Waals surface area (Å²) < 4.78 is 33.5. The zero-order chi connectivity index (χ0) is 38.1. The minimum atomic E-state index is 0.355. The van der Waals surface area contributed by atoms with Crippen LogP contribution in [0.15, 0.2) is 54.7 Å². The molecule has 0 spiro atoms. The normalized spacial score (nSPS) is 14.9. The molecule has 292 valence electrons. The molecule has 0 amide bonds. The Morgan fingerprint density at radius 1 is 0.808 bits per heavy atom. The molecule has 1 aliphatic rings. The Labute approximate surface area is 326 Å². The molecule has 1 saturated carbocycles. The van der Waals surface area contributed by atoms with Gasteiger partial charge in [0, 0.05) is 36.9 Å². The van der Waals surface area contributed by atoms with E-state index < -0.39 is 0 Å². The number of aromatic nitrogens is 3. The van der Waals surface area contributed by atoms with Crippen molar-refractivity contribution < 1.29 is 28.4 Å². The molecule has 12 nitrogen and oxygen atoms in total. The second kappa shape index (κ2) is 33.1. The van der Waals surface area contributed by atoms with Gasteiger partial charge in [0.15, 0.2) is 0 Å². The first-order chi connectivity index (χ1) is 25.5. The average molecular weight is 839 g/mol. The molecule has 1 aliphatic carbocycles. The Balaban J connectivity index is 0.000000379. The van der Waals surface area contributed by atoms with E-state index in [1.54, 1.807) is 18.9 Å². The van der Waals surface area contributed by atoms with Gasteiger partial charge in [0.2, 0.25) is 0 Å². The van der Waals surface area contributed by atoms with E-state index in [4.69, 9.17) is 46.3 Å². The van der Waals surface area contributed by atoms with E-state index in [9.17, 15) is 0 Å². The van der Waals surface area contributed by atoms with Crippen LogP contribution in [0.1, 0.15) is 55.8 Å². The van der Waals surface area contributed by atoms with Crippen LogP contribution in [0.4, 0.5) is 0 Å². The third-order valence-corrected chi connectivity index (χ3v) is 8.69. The van der Waals surface area contributed by atoms with Crippen molar-refractivity contribution in [2.24, 2.45) is 17.4 Å². The fraction of sp³-hybridized carbons (Fsp3) is 0.590. The first-order valence-electron chi connectivity index (χ1n) is 18.0. The smallest absolute Gasteiger partial charge is 0.109 e. The van der Waals surface area contributed by atoms with Crippen molar-refractivity contribution in [2.45, 2.75) is 64.8 Å². The monoisotopic (exact) mass is 838 g/mol. The van der Waals surface area contributed by atoms with Crippen LogP contribution in [0.2, 0.25) is 0 Å². The van der Waals surface area contributed by atoms with Crippen molar-refractivity contribution in [3.8, 4) is 18.0 Å². The SMILES string of the molecule is C#CCOCCOCCOC.CC[C@H]1CCCC[C@@H]1NC.COCCOCCOCc1cn(-c2ccc(CN)cc2)nn1.NCc1ccc(I)cc1. The number of methoxy groups -OCH3 is 2. The third kappa shape index (κ3) is 23.2. The van der Waals surface area contributed by atoms with E-state index in [1.807, 2.05) is 42.6 Å². The summed E-state index contributed by atoms with van der Waals surface area (Å²) in [5.74, 6) is 3.32. The standard InChI is InChI=1S/C15H22N4O3.C9H19N.C8H14O3.C7H8IN/c1-20-6-7-21-8-9-22-12-14-11-19(18-17-14)15-4-2-13(10-16)3-5-15;1-3-8-6-4-5-7-9(8)10-2;1-3-4-10-7-8-11-6-5-9-2;8-7-3-1-6(5-9)2-4-7/h2-5,11H,6-10,12,16H2,1H3;8-10H,3-7H2,1-2H3;1H,4-8H2,2H3;1-4H,5,9H2/t;8-,9-;;/m.0../s1. The van der Waals surface area contributed by atoms with Gasteiger partial charge in [-0.3, -0.25) is 0 Å². The van der Waals surface area contributed by atoms with Gasteiger partial charge in [-0.05, 0) is 83.8 Å². The number of rotatable bonds is 20. The summed E-state index contributed by atoms with van der Waals surface area (Å²) in [6.07, 6.45) is 13.9. The summed E-state index contributed by atoms with van der Waals surface area (Å²) in [6.45, 7) is 8.82. The number of nitrogens with two attached hydrogens (primary N) is 2. The van der Waals surface area contributed by atoms with Gasteiger partial charge in [-0.2, -0.15) is 0 Å². The highest BCUT2D eigenvalue weighted by Crippen LogP contribution is 2.26. The van der Waals surface area contributed by atoms with Gasteiger partial charge in [0.05, 0.1) is 71.3 Å². The van der Waals surface area contributed by atoms with Crippen LogP contribution < -0.4 is 16.8 Å². The zero-order valence-corrected chi connectivity index (χ0v) is 33.9. The number of hydrogen-bond acceptors (Lipinski definition) is 11. The zero-order valence-electron chi connectivity index (χ0n) is 31.8. The molecule has 1 aromatic heterocycles. The van der Waals surface area contributed by atoms with Crippen molar-refractivity contribution >= 4 is 22.6 Å². The molecule has 4 rings (SSSR count). The lowest BCUT2D eigenvalue weighted by atomic mass is 9.83. The maximum atomic E-state index is 5.58. The number of halogens is 1. The molecule has 1 fully saturated rings. The summed E-state index contributed by atoms with van der Waals surface area (Å²) >= 11 is 2.27. The molecular formula is C39H63IN6O6. The Hall–Kier alpha value is -2.49. The van der Waals surface area contributed by atoms with Crippen molar-refractivity contribution in [2.75, 3.05) is 80.7 Å². The predicted molar refractivity (Wildman–Crippen MR) is 216 cm³/mol. The fourth-order valence-electron chi connectivity index (χ4n) is 5.00. The number of nitrogens with zero attached hydrogens (tertiary/aromatic N) is 3. The molecule has 52 heavy (non-hydrogen) atoms. The van der Waals surface area contributed by atoms with Gasteiger partial charge >= 0.3 is 0 Å². The third-order valence-electron chi connectivity index (χ3n) is 7.97. The van der Waals surface area contributed by atoms with Crippen LogP contribution >= 0.6 is 22.6 Å². The Morgan fingerprint density at radius 2 is 1.35 bits per heavy atom. The summed E-state index contributed by atoms with van der Waals surface area (Å²) in [4.78, 5) is 0. The van der Waals surface area contributed by atoms with Gasteiger partial charge in [-0.25, -0.2) is 4.68 Å². The number of nitrogens with one attached hydrogen (secondary N) is 1. The van der Waals surface area contributed by atoms with Crippen LogP contribution in [0.3, 0.4) is 0 Å². The molecule has 1 heterocycles. The highest BCUT2D eigenvalue weighted by Gasteiger charge is 2.21. The van der Waals surface area contributed by atoms with E-state index in [0.717, 1.165) is 28.9 Å². The predicted octanol–water partition coefficient (Wildman–Crippen LogP) is 5.13. The largest absolute Gasteiger partial charge is 0.382 e. The minimum Gasteiger partial charge on any atom is -0.382 e. The lowest BCUT2D eigenvalue weighted by Gasteiger charge is -2.30.